The summed E-state index contributed by atoms with van der Waals surface area (Å²) < 4.78 is 84.3. The molecule has 2 aromatic rings. The average molecular weight is 422 g/mol. The van der Waals surface area contributed by atoms with E-state index in [9.17, 15) is 46.1 Å². The fourth-order valence-electron chi connectivity index (χ4n) is 2.88. The average Bonchev–Trinajstić information content (AvgIpc) is 2.59. The van der Waals surface area contributed by atoms with Crippen LogP contribution in [0, 0.1) is 0 Å². The number of phenols is 2. The van der Waals surface area contributed by atoms with Crippen molar-refractivity contribution in [2.75, 3.05) is 10.6 Å². The third kappa shape index (κ3) is 3.65. The molecule has 0 bridgehead atoms. The van der Waals surface area contributed by atoms with E-state index < -0.39 is 51.8 Å². The minimum Gasteiger partial charge on any atom is -0.506 e. The Morgan fingerprint density at radius 2 is 1.03 bits per heavy atom. The maximum atomic E-state index is 14.1. The largest absolute Gasteiger partial charge is 0.506 e. The fourth-order valence-corrected chi connectivity index (χ4v) is 2.88. The molecule has 0 spiro atoms. The standard InChI is InChI=1S/C17H12F6N2O4/c18-16(19,20)15(17(21,22)23,9-1-3-13(28)11(5-9)24-7-26)10-2-4-14(29)12(6-10)25-8-27/h1-8,28-29H,(H,24,26)(H,25,27). The second-order valence-electron chi connectivity index (χ2n) is 5.73. The Balaban J connectivity index is 2.95. The summed E-state index contributed by atoms with van der Waals surface area (Å²) in [5.41, 5.74) is -8.69. The summed E-state index contributed by atoms with van der Waals surface area (Å²) in [6.07, 6.45) is -12.0. The van der Waals surface area contributed by atoms with Crippen LogP contribution in [0.5, 0.6) is 11.5 Å². The number of carbonyl (C=O) groups is 2. The van der Waals surface area contributed by atoms with Crippen LogP contribution in [-0.4, -0.2) is 35.4 Å². The SMILES string of the molecule is O=CNc1cc(C(c2ccc(O)c(NC=O)c2)(C(F)(F)F)C(F)(F)F)ccc1O. The van der Waals surface area contributed by atoms with Gasteiger partial charge in [0.25, 0.3) is 0 Å². The van der Waals surface area contributed by atoms with E-state index >= 15 is 0 Å². The molecule has 29 heavy (non-hydrogen) atoms. The van der Waals surface area contributed by atoms with Crippen LogP contribution >= 0.6 is 0 Å². The lowest BCUT2D eigenvalue weighted by atomic mass is 9.72. The predicted octanol–water partition coefficient (Wildman–Crippen LogP) is 3.65. The molecule has 2 rings (SSSR count). The zero-order chi connectivity index (χ0) is 22.0. The van der Waals surface area contributed by atoms with Gasteiger partial charge in [0, 0.05) is 0 Å². The molecule has 0 fully saturated rings. The van der Waals surface area contributed by atoms with Gasteiger partial charge < -0.3 is 20.8 Å². The molecule has 0 aliphatic carbocycles. The molecule has 0 aromatic heterocycles. The van der Waals surface area contributed by atoms with E-state index in [-0.39, 0.29) is 12.8 Å². The number of hydrogen-bond acceptors (Lipinski definition) is 4. The van der Waals surface area contributed by atoms with Crippen molar-refractivity contribution in [2.45, 2.75) is 17.8 Å². The third-order valence-corrected chi connectivity index (χ3v) is 4.14. The van der Waals surface area contributed by atoms with E-state index in [1.807, 2.05) is 10.6 Å². The number of anilines is 2. The van der Waals surface area contributed by atoms with Crippen molar-refractivity contribution in [2.24, 2.45) is 0 Å². The summed E-state index contributed by atoms with van der Waals surface area (Å²) in [7, 11) is 0. The van der Waals surface area contributed by atoms with Gasteiger partial charge >= 0.3 is 12.4 Å². The highest BCUT2D eigenvalue weighted by Crippen LogP contribution is 2.57. The first kappa shape index (κ1) is 21.9. The lowest BCUT2D eigenvalue weighted by molar-refractivity contribution is -0.288. The van der Waals surface area contributed by atoms with Crippen LogP contribution in [0.1, 0.15) is 11.1 Å². The number of nitrogens with one attached hydrogen (secondary N) is 2. The van der Waals surface area contributed by atoms with Gasteiger partial charge in [-0.3, -0.25) is 9.59 Å². The zero-order valence-electron chi connectivity index (χ0n) is 14.1. The van der Waals surface area contributed by atoms with Crippen LogP contribution < -0.4 is 10.6 Å². The molecule has 0 aliphatic rings. The van der Waals surface area contributed by atoms with E-state index in [1.165, 1.54) is 0 Å². The van der Waals surface area contributed by atoms with Crippen LogP contribution in [0.25, 0.3) is 0 Å². The molecule has 156 valence electrons. The molecule has 0 unspecified atom stereocenters. The number of phenolic OH excluding ortho intramolecular Hbond substituents is 2. The lowest BCUT2D eigenvalue weighted by Gasteiger charge is -2.38. The summed E-state index contributed by atoms with van der Waals surface area (Å²) >= 11 is 0. The number of rotatable bonds is 6. The van der Waals surface area contributed by atoms with Gasteiger partial charge in [-0.2, -0.15) is 26.3 Å². The summed E-state index contributed by atoms with van der Waals surface area (Å²) in [5.74, 6) is -1.51. The molecular formula is C17H12F6N2O4. The zero-order valence-corrected chi connectivity index (χ0v) is 14.1. The number of aromatic hydroxyl groups is 2. The van der Waals surface area contributed by atoms with E-state index in [0.717, 1.165) is 0 Å². The number of benzene rings is 2. The van der Waals surface area contributed by atoms with Crippen molar-refractivity contribution in [3.63, 3.8) is 0 Å². The molecule has 0 heterocycles. The van der Waals surface area contributed by atoms with Gasteiger partial charge in [-0.05, 0) is 35.4 Å². The molecule has 2 aromatic carbocycles. The van der Waals surface area contributed by atoms with Crippen LogP contribution in [0.3, 0.4) is 0 Å². The van der Waals surface area contributed by atoms with Crippen LogP contribution in [0.4, 0.5) is 37.7 Å². The molecule has 12 heteroatoms. The molecule has 0 saturated heterocycles. The summed E-state index contributed by atoms with van der Waals surface area (Å²) in [5, 5.41) is 22.8. The maximum Gasteiger partial charge on any atom is 0.411 e. The Hall–Kier alpha value is -3.44. The van der Waals surface area contributed by atoms with Crippen molar-refractivity contribution in [3.05, 3.63) is 47.5 Å². The van der Waals surface area contributed by atoms with Crippen LogP contribution in [0.15, 0.2) is 36.4 Å². The quantitative estimate of drug-likeness (QED) is 0.325. The van der Waals surface area contributed by atoms with Crippen molar-refractivity contribution < 1.29 is 46.1 Å². The summed E-state index contributed by atoms with van der Waals surface area (Å²) in [6, 6.07) is 2.63. The molecule has 0 atom stereocenters. The van der Waals surface area contributed by atoms with Crippen molar-refractivity contribution in [1.82, 2.24) is 0 Å². The molecule has 4 N–H and O–H groups in total. The predicted molar refractivity (Wildman–Crippen MR) is 88.5 cm³/mol. The Labute approximate surface area is 158 Å². The van der Waals surface area contributed by atoms with Gasteiger partial charge in [0.2, 0.25) is 18.2 Å². The van der Waals surface area contributed by atoms with Gasteiger partial charge in [0.05, 0.1) is 11.4 Å². The highest BCUT2D eigenvalue weighted by molar-refractivity contribution is 5.77. The van der Waals surface area contributed by atoms with Crippen LogP contribution in [0.2, 0.25) is 0 Å². The van der Waals surface area contributed by atoms with E-state index in [4.69, 9.17) is 0 Å². The molecule has 0 saturated carbocycles. The second kappa shape index (κ2) is 7.53. The summed E-state index contributed by atoms with van der Waals surface area (Å²) in [6.45, 7) is 0. The molecular weight excluding hydrogens is 410 g/mol. The van der Waals surface area contributed by atoms with E-state index in [2.05, 4.69) is 0 Å². The number of halogens is 6. The minimum atomic E-state index is -5.95. The fraction of sp³-hybridized carbons (Fsp3) is 0.176. The molecule has 0 aliphatic heterocycles. The van der Waals surface area contributed by atoms with Crippen LogP contribution in [-0.2, 0) is 15.0 Å². The van der Waals surface area contributed by atoms with Gasteiger partial charge in [0.1, 0.15) is 11.5 Å². The Kier molecular flexibility index (Phi) is 5.67. The number of alkyl halides is 6. The minimum absolute atomic E-state index is 0.0334. The topological polar surface area (TPSA) is 98.7 Å². The van der Waals surface area contributed by atoms with Crippen molar-refractivity contribution >= 4 is 24.2 Å². The highest BCUT2D eigenvalue weighted by atomic mass is 19.4. The Bertz CT molecular complexity index is 852. The molecule has 0 radical (unpaired) electrons. The smallest absolute Gasteiger partial charge is 0.411 e. The first-order valence-electron chi connectivity index (χ1n) is 7.61. The van der Waals surface area contributed by atoms with Gasteiger partial charge in [0.15, 0.2) is 0 Å². The van der Waals surface area contributed by atoms with Crippen molar-refractivity contribution in [1.29, 1.82) is 0 Å². The van der Waals surface area contributed by atoms with E-state index in [1.54, 1.807) is 0 Å². The second-order valence-corrected chi connectivity index (χ2v) is 5.73. The third-order valence-electron chi connectivity index (χ3n) is 4.14. The number of carbonyl (C=O) groups excluding carboxylic acids is 2. The first-order chi connectivity index (χ1) is 13.4. The molecule has 6 nitrogen and oxygen atoms in total. The summed E-state index contributed by atoms with van der Waals surface area (Å²) in [4.78, 5) is 21.1. The van der Waals surface area contributed by atoms with Gasteiger partial charge in [-0.1, -0.05) is 12.1 Å². The van der Waals surface area contributed by atoms with Gasteiger partial charge in [-0.15, -0.1) is 0 Å². The number of hydrogen-bond donors (Lipinski definition) is 4. The van der Waals surface area contributed by atoms with Crippen molar-refractivity contribution in [3.8, 4) is 11.5 Å². The maximum absolute atomic E-state index is 14.1. The highest BCUT2D eigenvalue weighted by Gasteiger charge is 2.72. The lowest BCUT2D eigenvalue weighted by Crippen LogP contribution is -2.54. The normalized spacial score (nSPS) is 12.3. The molecule has 2 amide bonds. The Morgan fingerprint density at radius 3 is 1.31 bits per heavy atom. The monoisotopic (exact) mass is 422 g/mol. The number of amides is 2. The first-order valence-corrected chi connectivity index (χ1v) is 7.61. The van der Waals surface area contributed by atoms with Gasteiger partial charge in [-0.25, -0.2) is 0 Å². The van der Waals surface area contributed by atoms with E-state index in [0.29, 0.717) is 36.4 Å². The Morgan fingerprint density at radius 1 is 0.690 bits per heavy atom.